The highest BCUT2D eigenvalue weighted by atomic mass is 16.5. The van der Waals surface area contributed by atoms with Crippen LogP contribution in [-0.2, 0) is 20.9 Å². The van der Waals surface area contributed by atoms with E-state index in [4.69, 9.17) is 4.74 Å². The first-order valence-corrected chi connectivity index (χ1v) is 6.90. The van der Waals surface area contributed by atoms with Crippen LogP contribution in [0.1, 0.15) is 18.1 Å². The van der Waals surface area contributed by atoms with Crippen LogP contribution in [0.4, 0.5) is 0 Å². The summed E-state index contributed by atoms with van der Waals surface area (Å²) in [7, 11) is 0. The zero-order valence-electron chi connectivity index (χ0n) is 12.3. The fraction of sp³-hybridized carbons (Fsp3) is 0.111. The number of carbonyl (C=O) groups is 2. The quantitative estimate of drug-likeness (QED) is 0.681. The van der Waals surface area contributed by atoms with Crippen LogP contribution in [0.3, 0.4) is 0 Å². The van der Waals surface area contributed by atoms with Gasteiger partial charge >= 0.3 is 5.97 Å². The van der Waals surface area contributed by atoms with Gasteiger partial charge in [0.15, 0.2) is 0 Å². The van der Waals surface area contributed by atoms with Gasteiger partial charge in [-0.15, -0.1) is 0 Å². The van der Waals surface area contributed by atoms with Gasteiger partial charge < -0.3 is 10.1 Å². The molecular formula is C18H17NO3. The van der Waals surface area contributed by atoms with Crippen molar-refractivity contribution >= 4 is 18.0 Å². The van der Waals surface area contributed by atoms with E-state index in [9.17, 15) is 9.59 Å². The van der Waals surface area contributed by atoms with Crippen molar-refractivity contribution in [3.05, 3.63) is 77.5 Å². The largest absolute Gasteiger partial charge is 0.456 e. The number of esters is 1. The number of amides is 1. The highest BCUT2D eigenvalue weighted by molar-refractivity contribution is 5.97. The van der Waals surface area contributed by atoms with E-state index in [2.05, 4.69) is 5.32 Å². The zero-order valence-corrected chi connectivity index (χ0v) is 12.3. The Hall–Kier alpha value is -2.88. The lowest BCUT2D eigenvalue weighted by Crippen LogP contribution is -2.26. The van der Waals surface area contributed by atoms with Crippen molar-refractivity contribution < 1.29 is 14.3 Å². The first kappa shape index (κ1) is 15.5. The Labute approximate surface area is 129 Å². The van der Waals surface area contributed by atoms with Crippen LogP contribution in [0.2, 0.25) is 0 Å². The molecule has 0 atom stereocenters. The molecule has 0 bridgehead atoms. The van der Waals surface area contributed by atoms with Crippen molar-refractivity contribution in [2.45, 2.75) is 13.5 Å². The minimum absolute atomic E-state index is 0.120. The third-order valence-corrected chi connectivity index (χ3v) is 2.85. The third-order valence-electron chi connectivity index (χ3n) is 2.85. The Balaban J connectivity index is 2.09. The molecule has 0 saturated carbocycles. The van der Waals surface area contributed by atoms with Crippen LogP contribution in [-0.4, -0.2) is 11.9 Å². The van der Waals surface area contributed by atoms with Gasteiger partial charge in [-0.1, -0.05) is 60.7 Å². The SMILES string of the molecule is CC(=O)N/C(=C/c1ccccc1)C(=O)OCc1ccccc1. The van der Waals surface area contributed by atoms with Gasteiger partial charge in [-0.3, -0.25) is 4.79 Å². The lowest BCUT2D eigenvalue weighted by atomic mass is 10.2. The second-order valence-electron chi connectivity index (χ2n) is 4.71. The number of rotatable bonds is 5. The monoisotopic (exact) mass is 295 g/mol. The fourth-order valence-electron chi connectivity index (χ4n) is 1.85. The molecule has 0 aliphatic heterocycles. The molecule has 2 aromatic carbocycles. The molecule has 22 heavy (non-hydrogen) atoms. The third kappa shape index (κ3) is 4.90. The van der Waals surface area contributed by atoms with Gasteiger partial charge in [0.25, 0.3) is 0 Å². The van der Waals surface area contributed by atoms with Crippen molar-refractivity contribution in [3.63, 3.8) is 0 Å². The molecule has 4 nitrogen and oxygen atoms in total. The van der Waals surface area contributed by atoms with E-state index >= 15 is 0 Å². The van der Waals surface area contributed by atoms with Crippen molar-refractivity contribution in [2.75, 3.05) is 0 Å². The van der Waals surface area contributed by atoms with Crippen LogP contribution in [0.15, 0.2) is 66.4 Å². The maximum absolute atomic E-state index is 12.2. The van der Waals surface area contributed by atoms with E-state index in [1.54, 1.807) is 6.08 Å². The molecule has 1 N–H and O–H groups in total. The number of benzene rings is 2. The summed E-state index contributed by atoms with van der Waals surface area (Å²) in [5.41, 5.74) is 1.82. The van der Waals surface area contributed by atoms with Crippen molar-refractivity contribution in [1.29, 1.82) is 0 Å². The molecule has 0 spiro atoms. The van der Waals surface area contributed by atoms with Gasteiger partial charge in [-0.2, -0.15) is 0 Å². The van der Waals surface area contributed by atoms with Gasteiger partial charge in [0.05, 0.1) is 0 Å². The van der Waals surface area contributed by atoms with Gasteiger partial charge in [-0.25, -0.2) is 4.79 Å². The summed E-state index contributed by atoms with van der Waals surface area (Å²) in [6.07, 6.45) is 1.59. The minimum atomic E-state index is -0.567. The molecule has 0 radical (unpaired) electrons. The minimum Gasteiger partial charge on any atom is -0.456 e. The van der Waals surface area contributed by atoms with Crippen molar-refractivity contribution in [2.24, 2.45) is 0 Å². The van der Waals surface area contributed by atoms with Crippen LogP contribution in [0.5, 0.6) is 0 Å². The fourth-order valence-corrected chi connectivity index (χ4v) is 1.85. The molecule has 0 unspecified atom stereocenters. The second kappa shape index (κ2) is 7.78. The number of nitrogens with one attached hydrogen (secondary N) is 1. The number of carbonyl (C=O) groups excluding carboxylic acids is 2. The summed E-state index contributed by atoms with van der Waals surface area (Å²) >= 11 is 0. The lowest BCUT2D eigenvalue weighted by Gasteiger charge is -2.09. The number of hydrogen-bond acceptors (Lipinski definition) is 3. The van der Waals surface area contributed by atoms with Crippen LogP contribution in [0, 0.1) is 0 Å². The Kier molecular flexibility index (Phi) is 5.49. The molecule has 2 aromatic rings. The predicted molar refractivity (Wildman–Crippen MR) is 84.5 cm³/mol. The van der Waals surface area contributed by atoms with Crippen LogP contribution < -0.4 is 5.32 Å². The number of ether oxygens (including phenoxy) is 1. The first-order chi connectivity index (χ1) is 10.6. The Bertz CT molecular complexity index is 663. The molecule has 2 rings (SSSR count). The summed E-state index contributed by atoms with van der Waals surface area (Å²) in [6, 6.07) is 18.6. The molecule has 0 heterocycles. The van der Waals surface area contributed by atoms with Gasteiger partial charge in [0.2, 0.25) is 5.91 Å². The Morgan fingerprint density at radius 2 is 1.59 bits per heavy atom. The molecule has 4 heteroatoms. The zero-order chi connectivity index (χ0) is 15.8. The summed E-state index contributed by atoms with van der Waals surface area (Å²) in [5.74, 6) is -0.887. The average Bonchev–Trinajstić information content (AvgIpc) is 2.53. The lowest BCUT2D eigenvalue weighted by molar-refractivity contribution is -0.141. The molecule has 112 valence electrons. The van der Waals surface area contributed by atoms with E-state index in [0.29, 0.717) is 0 Å². The van der Waals surface area contributed by atoms with E-state index < -0.39 is 5.97 Å². The Morgan fingerprint density at radius 3 is 2.18 bits per heavy atom. The molecule has 0 fully saturated rings. The molecule has 0 aliphatic rings. The highest BCUT2D eigenvalue weighted by Gasteiger charge is 2.13. The maximum atomic E-state index is 12.2. The molecule has 0 aromatic heterocycles. The molecule has 1 amide bonds. The topological polar surface area (TPSA) is 55.4 Å². The van der Waals surface area contributed by atoms with E-state index in [0.717, 1.165) is 11.1 Å². The van der Waals surface area contributed by atoms with Gasteiger partial charge in [0.1, 0.15) is 12.3 Å². The van der Waals surface area contributed by atoms with E-state index in [1.807, 2.05) is 60.7 Å². The Morgan fingerprint density at radius 1 is 1.00 bits per heavy atom. The van der Waals surface area contributed by atoms with Crippen LogP contribution >= 0.6 is 0 Å². The predicted octanol–water partition coefficient (Wildman–Crippen LogP) is 2.91. The molecule has 0 aliphatic carbocycles. The van der Waals surface area contributed by atoms with Crippen molar-refractivity contribution in [3.8, 4) is 0 Å². The number of hydrogen-bond donors (Lipinski definition) is 1. The second-order valence-corrected chi connectivity index (χ2v) is 4.71. The summed E-state index contributed by atoms with van der Waals surface area (Å²) < 4.78 is 5.24. The maximum Gasteiger partial charge on any atom is 0.355 e. The average molecular weight is 295 g/mol. The van der Waals surface area contributed by atoms with E-state index in [1.165, 1.54) is 6.92 Å². The summed E-state index contributed by atoms with van der Waals surface area (Å²) in [6.45, 7) is 1.51. The highest BCUT2D eigenvalue weighted by Crippen LogP contribution is 2.08. The molecular weight excluding hydrogens is 278 g/mol. The van der Waals surface area contributed by atoms with Crippen molar-refractivity contribution in [1.82, 2.24) is 5.32 Å². The van der Waals surface area contributed by atoms with E-state index in [-0.39, 0.29) is 18.2 Å². The van der Waals surface area contributed by atoms with Gasteiger partial charge in [-0.05, 0) is 17.2 Å². The summed E-state index contributed by atoms with van der Waals surface area (Å²) in [4.78, 5) is 23.4. The normalized spacial score (nSPS) is 10.9. The van der Waals surface area contributed by atoms with Gasteiger partial charge in [0, 0.05) is 6.92 Å². The van der Waals surface area contributed by atoms with Crippen LogP contribution in [0.25, 0.3) is 6.08 Å². The first-order valence-electron chi connectivity index (χ1n) is 6.90. The summed E-state index contributed by atoms with van der Waals surface area (Å²) in [5, 5.41) is 2.51. The standard InChI is InChI=1S/C18H17NO3/c1-14(20)19-17(12-15-8-4-2-5-9-15)18(21)22-13-16-10-6-3-7-11-16/h2-12H,13H2,1H3,(H,19,20)/b17-12+. The smallest absolute Gasteiger partial charge is 0.355 e. The molecule has 0 saturated heterocycles.